The van der Waals surface area contributed by atoms with Crippen LogP contribution in [0.4, 0.5) is 4.39 Å². The number of benzene rings is 1. The molecule has 0 atom stereocenters. The molecule has 0 aliphatic heterocycles. The second-order valence-corrected chi connectivity index (χ2v) is 4.50. The lowest BCUT2D eigenvalue weighted by Gasteiger charge is -2.20. The molecule has 6 nitrogen and oxygen atoms in total. The van der Waals surface area contributed by atoms with Crippen LogP contribution in [0, 0.1) is 5.82 Å². The van der Waals surface area contributed by atoms with Crippen molar-refractivity contribution in [1.82, 2.24) is 15.8 Å². The van der Waals surface area contributed by atoms with Crippen molar-refractivity contribution in [2.45, 2.75) is 20.4 Å². The van der Waals surface area contributed by atoms with E-state index in [1.54, 1.807) is 12.1 Å². The van der Waals surface area contributed by atoms with E-state index in [0.717, 1.165) is 5.56 Å². The molecule has 7 heteroatoms. The summed E-state index contributed by atoms with van der Waals surface area (Å²) in [6.07, 6.45) is 0. The van der Waals surface area contributed by atoms with Gasteiger partial charge in [0.2, 0.25) is 5.91 Å². The fraction of sp³-hybridized carbons (Fsp3) is 0.429. The molecule has 0 spiro atoms. The predicted octanol–water partition coefficient (Wildman–Crippen LogP) is 0.823. The van der Waals surface area contributed by atoms with Gasteiger partial charge >= 0.3 is 0 Å². The molecule has 0 aromatic heterocycles. The van der Waals surface area contributed by atoms with Crippen LogP contribution in [-0.2, 0) is 16.1 Å². The second-order valence-electron chi connectivity index (χ2n) is 4.50. The SMILES string of the molecule is CCN(CC(=O)NNC(C)=O)Cc1ccc(OC)c(F)c1. The van der Waals surface area contributed by atoms with Gasteiger partial charge in [0.1, 0.15) is 0 Å². The molecular formula is C14H20FN3O3. The number of hydrogen-bond acceptors (Lipinski definition) is 4. The number of hydrogen-bond donors (Lipinski definition) is 2. The first-order valence-corrected chi connectivity index (χ1v) is 6.56. The van der Waals surface area contributed by atoms with Crippen LogP contribution in [-0.4, -0.2) is 36.9 Å². The summed E-state index contributed by atoms with van der Waals surface area (Å²) in [5.41, 5.74) is 5.25. The van der Waals surface area contributed by atoms with Crippen molar-refractivity contribution in [2.75, 3.05) is 20.2 Å². The van der Waals surface area contributed by atoms with E-state index in [1.807, 2.05) is 11.8 Å². The van der Waals surface area contributed by atoms with Gasteiger partial charge in [-0.1, -0.05) is 13.0 Å². The van der Waals surface area contributed by atoms with E-state index in [2.05, 4.69) is 10.9 Å². The van der Waals surface area contributed by atoms with Crippen molar-refractivity contribution >= 4 is 11.8 Å². The van der Waals surface area contributed by atoms with Crippen LogP contribution in [0.1, 0.15) is 19.4 Å². The van der Waals surface area contributed by atoms with Crippen LogP contribution in [0.2, 0.25) is 0 Å². The maximum absolute atomic E-state index is 13.6. The number of nitrogens with zero attached hydrogens (tertiary/aromatic N) is 1. The van der Waals surface area contributed by atoms with Crippen LogP contribution in [0.5, 0.6) is 5.75 Å². The summed E-state index contributed by atoms with van der Waals surface area (Å²) >= 11 is 0. The highest BCUT2D eigenvalue weighted by molar-refractivity contribution is 5.81. The Labute approximate surface area is 123 Å². The van der Waals surface area contributed by atoms with E-state index in [-0.39, 0.29) is 24.1 Å². The van der Waals surface area contributed by atoms with Crippen LogP contribution in [0.25, 0.3) is 0 Å². The number of halogens is 1. The quantitative estimate of drug-likeness (QED) is 0.763. The number of amides is 2. The summed E-state index contributed by atoms with van der Waals surface area (Å²) in [6.45, 7) is 4.33. The Balaban J connectivity index is 2.59. The van der Waals surface area contributed by atoms with Crippen molar-refractivity contribution in [3.63, 3.8) is 0 Å². The Morgan fingerprint density at radius 1 is 1.33 bits per heavy atom. The number of ether oxygens (including phenoxy) is 1. The van der Waals surface area contributed by atoms with Crippen LogP contribution in [0.3, 0.4) is 0 Å². The van der Waals surface area contributed by atoms with Gasteiger partial charge in [-0.3, -0.25) is 25.3 Å². The molecular weight excluding hydrogens is 277 g/mol. The average Bonchev–Trinajstić information content (AvgIpc) is 2.44. The van der Waals surface area contributed by atoms with Crippen molar-refractivity contribution in [3.05, 3.63) is 29.6 Å². The highest BCUT2D eigenvalue weighted by atomic mass is 19.1. The number of nitrogens with one attached hydrogen (secondary N) is 2. The van der Waals surface area contributed by atoms with Crippen LogP contribution >= 0.6 is 0 Å². The summed E-state index contributed by atoms with van der Waals surface area (Å²) < 4.78 is 18.5. The third-order valence-electron chi connectivity index (χ3n) is 2.81. The molecule has 0 bridgehead atoms. The van der Waals surface area contributed by atoms with Crippen molar-refractivity contribution < 1.29 is 18.7 Å². The van der Waals surface area contributed by atoms with Gasteiger partial charge in [0.25, 0.3) is 5.91 Å². The van der Waals surface area contributed by atoms with Gasteiger partial charge in [-0.05, 0) is 24.2 Å². The number of methoxy groups -OCH3 is 1. The Hall–Kier alpha value is -2.15. The third-order valence-corrected chi connectivity index (χ3v) is 2.81. The minimum atomic E-state index is -0.436. The van der Waals surface area contributed by atoms with E-state index in [1.165, 1.54) is 20.1 Å². The van der Waals surface area contributed by atoms with E-state index in [4.69, 9.17) is 4.74 Å². The molecule has 1 aromatic rings. The van der Waals surface area contributed by atoms with Gasteiger partial charge in [0, 0.05) is 13.5 Å². The van der Waals surface area contributed by atoms with E-state index in [0.29, 0.717) is 13.1 Å². The molecule has 0 heterocycles. The zero-order chi connectivity index (χ0) is 15.8. The summed E-state index contributed by atoms with van der Waals surface area (Å²) in [4.78, 5) is 24.1. The minimum Gasteiger partial charge on any atom is -0.494 e. The lowest BCUT2D eigenvalue weighted by Crippen LogP contribution is -2.45. The standard InChI is InChI=1S/C14H20FN3O3/c1-4-18(9-14(20)17-16-10(2)19)8-11-5-6-13(21-3)12(15)7-11/h5-7H,4,8-9H2,1-3H3,(H,16,19)(H,17,20). The van der Waals surface area contributed by atoms with Crippen molar-refractivity contribution in [1.29, 1.82) is 0 Å². The first-order chi connectivity index (χ1) is 9.96. The summed E-state index contributed by atoms with van der Waals surface area (Å²) in [7, 11) is 1.41. The maximum Gasteiger partial charge on any atom is 0.252 e. The van der Waals surface area contributed by atoms with Crippen molar-refractivity contribution in [3.8, 4) is 5.75 Å². The number of hydrazine groups is 1. The first-order valence-electron chi connectivity index (χ1n) is 6.56. The highest BCUT2D eigenvalue weighted by Gasteiger charge is 2.11. The highest BCUT2D eigenvalue weighted by Crippen LogP contribution is 2.18. The van der Waals surface area contributed by atoms with Gasteiger partial charge in [0.05, 0.1) is 13.7 Å². The molecule has 2 N–H and O–H groups in total. The lowest BCUT2D eigenvalue weighted by molar-refractivity contribution is -0.128. The Morgan fingerprint density at radius 2 is 2.05 bits per heavy atom. The van der Waals surface area contributed by atoms with Gasteiger partial charge in [-0.15, -0.1) is 0 Å². The Morgan fingerprint density at radius 3 is 2.57 bits per heavy atom. The number of rotatable bonds is 6. The van der Waals surface area contributed by atoms with E-state index < -0.39 is 5.82 Å². The van der Waals surface area contributed by atoms with Gasteiger partial charge in [-0.25, -0.2) is 4.39 Å². The second kappa shape index (κ2) is 8.21. The zero-order valence-electron chi connectivity index (χ0n) is 12.4. The number of carbonyl (C=O) groups excluding carboxylic acids is 2. The van der Waals surface area contributed by atoms with Crippen LogP contribution < -0.4 is 15.6 Å². The predicted molar refractivity (Wildman–Crippen MR) is 75.9 cm³/mol. The summed E-state index contributed by atoms with van der Waals surface area (Å²) in [6, 6.07) is 4.68. The minimum absolute atomic E-state index is 0.102. The maximum atomic E-state index is 13.6. The molecule has 0 aliphatic carbocycles. The van der Waals surface area contributed by atoms with Crippen LogP contribution in [0.15, 0.2) is 18.2 Å². The smallest absolute Gasteiger partial charge is 0.252 e. The van der Waals surface area contributed by atoms with E-state index in [9.17, 15) is 14.0 Å². The third kappa shape index (κ3) is 5.78. The Kier molecular flexibility index (Phi) is 6.61. The van der Waals surface area contributed by atoms with Gasteiger partial charge < -0.3 is 4.74 Å². The first kappa shape index (κ1) is 16.9. The van der Waals surface area contributed by atoms with Gasteiger partial charge in [-0.2, -0.15) is 0 Å². The van der Waals surface area contributed by atoms with Crippen molar-refractivity contribution in [2.24, 2.45) is 0 Å². The molecule has 0 radical (unpaired) electrons. The molecule has 2 amide bonds. The molecule has 0 saturated heterocycles. The normalized spacial score (nSPS) is 10.3. The van der Waals surface area contributed by atoms with Gasteiger partial charge in [0.15, 0.2) is 11.6 Å². The molecule has 1 aromatic carbocycles. The topological polar surface area (TPSA) is 70.7 Å². The number of likely N-dealkylation sites (N-methyl/N-ethyl adjacent to an activating group) is 1. The monoisotopic (exact) mass is 297 g/mol. The molecule has 21 heavy (non-hydrogen) atoms. The van der Waals surface area contributed by atoms with E-state index >= 15 is 0 Å². The Bertz CT molecular complexity index is 508. The lowest BCUT2D eigenvalue weighted by atomic mass is 10.2. The molecule has 0 saturated carbocycles. The fourth-order valence-corrected chi connectivity index (χ4v) is 1.75. The molecule has 0 unspecified atom stereocenters. The summed E-state index contributed by atoms with van der Waals surface area (Å²) in [5, 5.41) is 0. The zero-order valence-corrected chi connectivity index (χ0v) is 12.4. The summed E-state index contributed by atoms with van der Waals surface area (Å²) in [5.74, 6) is -0.927. The number of carbonyl (C=O) groups is 2. The molecule has 0 aliphatic rings. The molecule has 1 rings (SSSR count). The molecule has 116 valence electrons. The largest absolute Gasteiger partial charge is 0.494 e. The fourth-order valence-electron chi connectivity index (χ4n) is 1.75. The molecule has 0 fully saturated rings. The average molecular weight is 297 g/mol.